The quantitative estimate of drug-likeness (QED) is 0.676. The lowest BCUT2D eigenvalue weighted by molar-refractivity contribution is -0.0663. The minimum Gasteiger partial charge on any atom is -0.497 e. The number of nitrogens with zero attached hydrogens (tertiary/aromatic N) is 1. The van der Waals surface area contributed by atoms with Gasteiger partial charge in [-0.25, -0.2) is 4.98 Å². The van der Waals surface area contributed by atoms with Gasteiger partial charge in [0.2, 0.25) is 0 Å². The molecule has 1 saturated heterocycles. The van der Waals surface area contributed by atoms with Gasteiger partial charge in [-0.3, -0.25) is 0 Å². The number of anilines is 1. The molecule has 1 aliphatic heterocycles. The van der Waals surface area contributed by atoms with Gasteiger partial charge >= 0.3 is 0 Å². The van der Waals surface area contributed by atoms with Crippen molar-refractivity contribution in [2.75, 3.05) is 39.3 Å². The van der Waals surface area contributed by atoms with Crippen molar-refractivity contribution in [3.05, 3.63) is 40.4 Å². The van der Waals surface area contributed by atoms with E-state index in [0.717, 1.165) is 47.8 Å². The second-order valence-corrected chi connectivity index (χ2v) is 7.33. The van der Waals surface area contributed by atoms with Crippen molar-refractivity contribution in [2.45, 2.75) is 32.0 Å². The Morgan fingerprint density at radius 1 is 1.35 bits per heavy atom. The predicted octanol–water partition coefficient (Wildman–Crippen LogP) is 3.04. The first-order valence-corrected chi connectivity index (χ1v) is 9.70. The third-order valence-electron chi connectivity index (χ3n) is 4.23. The highest BCUT2D eigenvalue weighted by molar-refractivity contribution is 7.15. The Bertz CT molecular complexity index is 686. The summed E-state index contributed by atoms with van der Waals surface area (Å²) in [7, 11) is 1.67. The third kappa shape index (κ3) is 5.67. The molecule has 1 aromatic heterocycles. The van der Waals surface area contributed by atoms with E-state index in [2.05, 4.69) is 11.1 Å². The van der Waals surface area contributed by atoms with E-state index < -0.39 is 0 Å². The smallest absolute Gasteiger partial charge is 0.180 e. The zero-order chi connectivity index (χ0) is 18.2. The molecule has 2 N–H and O–H groups in total. The maximum absolute atomic E-state index is 5.91. The molecule has 1 aliphatic rings. The molecule has 142 valence electrons. The molecular formula is C19H26N2O4S. The molecule has 1 aromatic carbocycles. The Morgan fingerprint density at radius 3 is 3.08 bits per heavy atom. The summed E-state index contributed by atoms with van der Waals surface area (Å²) in [6.07, 6.45) is 3.09. The van der Waals surface area contributed by atoms with Crippen LogP contribution in [-0.4, -0.2) is 44.6 Å². The molecule has 26 heavy (non-hydrogen) atoms. The molecule has 0 bridgehead atoms. The summed E-state index contributed by atoms with van der Waals surface area (Å²) in [6, 6.07) is 8.02. The first kappa shape index (κ1) is 19.1. The average Bonchev–Trinajstić information content (AvgIpc) is 3.01. The van der Waals surface area contributed by atoms with Crippen molar-refractivity contribution < 1.29 is 18.9 Å². The van der Waals surface area contributed by atoms with Crippen LogP contribution < -0.4 is 10.5 Å². The summed E-state index contributed by atoms with van der Waals surface area (Å²) >= 11 is 1.51. The fourth-order valence-corrected chi connectivity index (χ4v) is 3.78. The zero-order valence-electron chi connectivity index (χ0n) is 15.1. The van der Waals surface area contributed by atoms with Crippen LogP contribution in [0.2, 0.25) is 0 Å². The van der Waals surface area contributed by atoms with Crippen LogP contribution in [0.25, 0.3) is 0 Å². The van der Waals surface area contributed by atoms with Crippen LogP contribution in [0.4, 0.5) is 5.13 Å². The lowest BCUT2D eigenvalue weighted by Crippen LogP contribution is -2.26. The first-order chi connectivity index (χ1) is 12.7. The van der Waals surface area contributed by atoms with Crippen LogP contribution in [0, 0.1) is 0 Å². The van der Waals surface area contributed by atoms with Crippen LogP contribution >= 0.6 is 11.3 Å². The molecule has 2 heterocycles. The Kier molecular flexibility index (Phi) is 7.25. The summed E-state index contributed by atoms with van der Waals surface area (Å²) in [5.74, 6) is 0.849. The van der Waals surface area contributed by atoms with Crippen LogP contribution in [0.3, 0.4) is 0 Å². The van der Waals surface area contributed by atoms with Gasteiger partial charge in [0.15, 0.2) is 5.13 Å². The molecule has 1 fully saturated rings. The van der Waals surface area contributed by atoms with Gasteiger partial charge in [0.1, 0.15) is 5.75 Å². The molecule has 0 saturated carbocycles. The van der Waals surface area contributed by atoms with Crippen molar-refractivity contribution in [2.24, 2.45) is 0 Å². The van der Waals surface area contributed by atoms with Crippen molar-refractivity contribution in [1.82, 2.24) is 4.98 Å². The minimum atomic E-state index is 0.200. The molecule has 1 atom stereocenters. The number of methoxy groups -OCH3 is 1. The fourth-order valence-electron chi connectivity index (χ4n) is 2.91. The number of hydrogen-bond donors (Lipinski definition) is 1. The molecule has 0 radical (unpaired) electrons. The van der Waals surface area contributed by atoms with Crippen molar-refractivity contribution in [3.8, 4) is 5.75 Å². The molecule has 1 unspecified atom stereocenters. The highest BCUT2D eigenvalue weighted by Crippen LogP contribution is 2.25. The van der Waals surface area contributed by atoms with E-state index in [1.165, 1.54) is 11.3 Å². The van der Waals surface area contributed by atoms with Gasteiger partial charge < -0.3 is 24.7 Å². The number of ether oxygens (including phenoxy) is 4. The van der Waals surface area contributed by atoms with Crippen molar-refractivity contribution in [1.29, 1.82) is 0 Å². The normalized spacial score (nSPS) is 17.3. The first-order valence-electron chi connectivity index (χ1n) is 8.88. The zero-order valence-corrected chi connectivity index (χ0v) is 15.9. The van der Waals surface area contributed by atoms with Crippen LogP contribution in [0.1, 0.15) is 29.0 Å². The lowest BCUT2D eigenvalue weighted by atomic mass is 10.1. The fraction of sp³-hybridized carbons (Fsp3) is 0.526. The van der Waals surface area contributed by atoms with E-state index in [4.69, 9.17) is 24.7 Å². The summed E-state index contributed by atoms with van der Waals surface area (Å²) in [5.41, 5.74) is 7.97. The molecule has 2 aromatic rings. The molecule has 0 spiro atoms. The van der Waals surface area contributed by atoms with E-state index in [0.29, 0.717) is 31.6 Å². The molecular weight excluding hydrogens is 352 g/mol. The maximum atomic E-state index is 5.91. The van der Waals surface area contributed by atoms with Gasteiger partial charge in [0.05, 0.1) is 45.3 Å². The van der Waals surface area contributed by atoms with E-state index in [1.54, 1.807) is 7.11 Å². The highest BCUT2D eigenvalue weighted by atomic mass is 32.1. The van der Waals surface area contributed by atoms with Gasteiger partial charge in [-0.1, -0.05) is 12.1 Å². The Hall–Kier alpha value is -1.67. The van der Waals surface area contributed by atoms with E-state index in [9.17, 15) is 0 Å². The van der Waals surface area contributed by atoms with E-state index >= 15 is 0 Å². The molecule has 3 rings (SSSR count). The topological polar surface area (TPSA) is 75.8 Å². The van der Waals surface area contributed by atoms with Gasteiger partial charge in [0.25, 0.3) is 0 Å². The highest BCUT2D eigenvalue weighted by Gasteiger charge is 2.14. The van der Waals surface area contributed by atoms with Gasteiger partial charge in [-0.05, 0) is 30.5 Å². The number of benzene rings is 1. The van der Waals surface area contributed by atoms with Crippen LogP contribution in [0.5, 0.6) is 5.75 Å². The van der Waals surface area contributed by atoms with E-state index in [-0.39, 0.29) is 6.10 Å². The lowest BCUT2D eigenvalue weighted by Gasteiger charge is -2.22. The van der Waals surface area contributed by atoms with Crippen LogP contribution in [0.15, 0.2) is 24.3 Å². The predicted molar refractivity (Wildman–Crippen MR) is 102 cm³/mol. The number of nitrogen functional groups attached to an aromatic ring is 1. The van der Waals surface area contributed by atoms with Crippen molar-refractivity contribution >= 4 is 16.5 Å². The number of hydrogen-bond acceptors (Lipinski definition) is 7. The number of aromatic nitrogens is 1. The summed E-state index contributed by atoms with van der Waals surface area (Å²) in [6.45, 7) is 3.08. The Balaban J connectivity index is 1.47. The Labute approximate surface area is 158 Å². The largest absolute Gasteiger partial charge is 0.497 e. The maximum Gasteiger partial charge on any atom is 0.180 e. The Morgan fingerprint density at radius 2 is 2.27 bits per heavy atom. The molecule has 7 heteroatoms. The summed E-state index contributed by atoms with van der Waals surface area (Å²) in [5, 5.41) is 0.567. The van der Waals surface area contributed by atoms with Crippen LogP contribution in [-0.2, 0) is 27.2 Å². The van der Waals surface area contributed by atoms with Crippen molar-refractivity contribution in [3.63, 3.8) is 0 Å². The summed E-state index contributed by atoms with van der Waals surface area (Å²) < 4.78 is 22.2. The molecule has 6 nitrogen and oxygen atoms in total. The number of nitrogens with two attached hydrogens (primary N) is 1. The monoisotopic (exact) mass is 378 g/mol. The SMILES string of the molecule is COc1cccc(Cc2sc(N)nc2COCCOC2CCCOC2)c1. The van der Waals surface area contributed by atoms with Gasteiger partial charge in [-0.15, -0.1) is 11.3 Å². The number of thiazole rings is 1. The van der Waals surface area contributed by atoms with Gasteiger partial charge in [0, 0.05) is 17.9 Å². The minimum absolute atomic E-state index is 0.200. The second-order valence-electron chi connectivity index (χ2n) is 6.21. The average molecular weight is 378 g/mol. The standard InChI is InChI=1S/C19H26N2O4S/c1-22-15-5-2-4-14(10-15)11-18-17(21-19(20)26-18)13-24-8-9-25-16-6-3-7-23-12-16/h2,4-5,10,16H,3,6-9,11-13H2,1H3,(H2,20,21). The third-order valence-corrected chi connectivity index (χ3v) is 5.16. The second kappa shape index (κ2) is 9.87. The summed E-state index contributed by atoms with van der Waals surface area (Å²) in [4.78, 5) is 5.54. The molecule has 0 amide bonds. The van der Waals surface area contributed by atoms with Gasteiger partial charge in [-0.2, -0.15) is 0 Å². The van der Waals surface area contributed by atoms with E-state index in [1.807, 2.05) is 18.2 Å². The number of rotatable bonds is 9. The molecule has 0 aliphatic carbocycles.